The van der Waals surface area contributed by atoms with Crippen LogP contribution in [0.1, 0.15) is 48.3 Å². The normalized spacial score (nSPS) is 19.0. The van der Waals surface area contributed by atoms with Crippen molar-refractivity contribution in [1.82, 2.24) is 19.8 Å². The van der Waals surface area contributed by atoms with Gasteiger partial charge >= 0.3 is 0 Å². The predicted octanol–water partition coefficient (Wildman–Crippen LogP) is 3.24. The van der Waals surface area contributed by atoms with Crippen molar-refractivity contribution in [2.75, 3.05) is 33.3 Å². The summed E-state index contributed by atoms with van der Waals surface area (Å²) in [5.74, 6) is 2.53. The van der Waals surface area contributed by atoms with Gasteiger partial charge in [-0.2, -0.15) is 0 Å². The lowest BCUT2D eigenvalue weighted by atomic mass is 9.95. The SMILES string of the molecule is CCOc1ccc(CN2CCC(c3ncc4c(n3)CCN(C)C4)CC2)cc1. The van der Waals surface area contributed by atoms with Gasteiger partial charge in [0.1, 0.15) is 11.6 Å². The van der Waals surface area contributed by atoms with Crippen LogP contribution in [0.4, 0.5) is 0 Å². The molecular weight excluding hydrogens is 336 g/mol. The molecule has 1 aromatic carbocycles. The molecule has 0 radical (unpaired) electrons. The lowest BCUT2D eigenvalue weighted by Crippen LogP contribution is -2.33. The van der Waals surface area contributed by atoms with Gasteiger partial charge in [-0.15, -0.1) is 0 Å². The molecule has 27 heavy (non-hydrogen) atoms. The molecule has 3 heterocycles. The molecule has 1 saturated heterocycles. The van der Waals surface area contributed by atoms with E-state index in [1.165, 1.54) is 16.8 Å². The molecule has 1 fully saturated rings. The number of likely N-dealkylation sites (N-methyl/N-ethyl adjacent to an activating group) is 1. The van der Waals surface area contributed by atoms with Gasteiger partial charge < -0.3 is 9.64 Å². The van der Waals surface area contributed by atoms with E-state index in [0.717, 1.165) is 63.6 Å². The second-order valence-electron chi connectivity index (χ2n) is 7.82. The van der Waals surface area contributed by atoms with E-state index >= 15 is 0 Å². The smallest absolute Gasteiger partial charge is 0.131 e. The van der Waals surface area contributed by atoms with E-state index in [4.69, 9.17) is 14.7 Å². The number of rotatable bonds is 5. The maximum Gasteiger partial charge on any atom is 0.131 e. The first-order valence-electron chi connectivity index (χ1n) is 10.2. The van der Waals surface area contributed by atoms with Crippen molar-refractivity contribution < 1.29 is 4.74 Å². The topological polar surface area (TPSA) is 41.5 Å². The Hall–Kier alpha value is -1.98. The minimum atomic E-state index is 0.506. The van der Waals surface area contributed by atoms with E-state index in [9.17, 15) is 0 Å². The first kappa shape index (κ1) is 18.4. The number of piperidine rings is 1. The number of aromatic nitrogens is 2. The van der Waals surface area contributed by atoms with Gasteiger partial charge in [-0.25, -0.2) is 9.97 Å². The number of nitrogens with zero attached hydrogens (tertiary/aromatic N) is 4. The zero-order valence-corrected chi connectivity index (χ0v) is 16.5. The Balaban J connectivity index is 1.32. The van der Waals surface area contributed by atoms with Crippen LogP contribution in [-0.2, 0) is 19.5 Å². The number of fused-ring (bicyclic) bond motifs is 1. The average molecular weight is 367 g/mol. The zero-order chi connectivity index (χ0) is 18.6. The third-order valence-corrected chi connectivity index (χ3v) is 5.74. The molecule has 0 amide bonds. The number of likely N-dealkylation sites (tertiary alicyclic amines) is 1. The van der Waals surface area contributed by atoms with Crippen LogP contribution in [0.15, 0.2) is 30.5 Å². The quantitative estimate of drug-likeness (QED) is 0.813. The highest BCUT2D eigenvalue weighted by molar-refractivity contribution is 5.27. The Morgan fingerprint density at radius 2 is 1.89 bits per heavy atom. The van der Waals surface area contributed by atoms with Gasteiger partial charge in [0.05, 0.1) is 6.61 Å². The molecule has 2 aromatic rings. The monoisotopic (exact) mass is 366 g/mol. The standard InChI is InChI=1S/C22H30N4O/c1-3-27-20-6-4-17(5-7-20)15-26-12-8-18(9-13-26)22-23-14-19-16-25(2)11-10-21(19)24-22/h4-7,14,18H,3,8-13,15-16H2,1-2H3. The van der Waals surface area contributed by atoms with E-state index in [1.54, 1.807) is 0 Å². The Labute approximate surface area is 162 Å². The molecule has 2 aliphatic rings. The summed E-state index contributed by atoms with van der Waals surface area (Å²) in [7, 11) is 2.16. The molecule has 0 spiro atoms. The minimum Gasteiger partial charge on any atom is -0.494 e. The van der Waals surface area contributed by atoms with Crippen LogP contribution in [0.25, 0.3) is 0 Å². The summed E-state index contributed by atoms with van der Waals surface area (Å²) in [6.45, 7) is 8.05. The Kier molecular flexibility index (Phi) is 5.69. The van der Waals surface area contributed by atoms with Gasteiger partial charge in [0.2, 0.25) is 0 Å². The van der Waals surface area contributed by atoms with Crippen molar-refractivity contribution in [3.8, 4) is 5.75 Å². The fourth-order valence-corrected chi connectivity index (χ4v) is 4.13. The first-order valence-corrected chi connectivity index (χ1v) is 10.2. The van der Waals surface area contributed by atoms with Crippen LogP contribution in [-0.4, -0.2) is 53.1 Å². The Morgan fingerprint density at radius 1 is 1.11 bits per heavy atom. The van der Waals surface area contributed by atoms with Crippen LogP contribution >= 0.6 is 0 Å². The van der Waals surface area contributed by atoms with Gasteiger partial charge in [0, 0.05) is 49.4 Å². The zero-order valence-electron chi connectivity index (χ0n) is 16.5. The maximum absolute atomic E-state index is 5.53. The molecule has 4 rings (SSSR count). The summed E-state index contributed by atoms with van der Waals surface area (Å²) >= 11 is 0. The molecule has 0 bridgehead atoms. The predicted molar refractivity (Wildman–Crippen MR) is 107 cm³/mol. The van der Waals surface area contributed by atoms with Crippen LogP contribution in [0.3, 0.4) is 0 Å². The summed E-state index contributed by atoms with van der Waals surface area (Å²) in [6.07, 6.45) is 5.42. The first-order chi connectivity index (χ1) is 13.2. The fourth-order valence-electron chi connectivity index (χ4n) is 4.13. The lowest BCUT2D eigenvalue weighted by molar-refractivity contribution is 0.201. The van der Waals surface area contributed by atoms with E-state index in [1.807, 2.05) is 6.92 Å². The third-order valence-electron chi connectivity index (χ3n) is 5.74. The van der Waals surface area contributed by atoms with Crippen molar-refractivity contribution in [2.45, 2.75) is 45.2 Å². The maximum atomic E-state index is 5.53. The van der Waals surface area contributed by atoms with Crippen LogP contribution in [0.5, 0.6) is 5.75 Å². The molecule has 0 unspecified atom stereocenters. The van der Waals surface area contributed by atoms with E-state index < -0.39 is 0 Å². The molecule has 0 atom stereocenters. The molecule has 0 N–H and O–H groups in total. The van der Waals surface area contributed by atoms with Crippen LogP contribution < -0.4 is 4.74 Å². The molecular formula is C22H30N4O. The second kappa shape index (κ2) is 8.36. The highest BCUT2D eigenvalue weighted by Gasteiger charge is 2.24. The molecule has 5 nitrogen and oxygen atoms in total. The number of ether oxygens (including phenoxy) is 1. The number of benzene rings is 1. The fraction of sp³-hybridized carbons (Fsp3) is 0.545. The summed E-state index contributed by atoms with van der Waals surface area (Å²) < 4.78 is 5.53. The van der Waals surface area contributed by atoms with Gasteiger partial charge in [-0.05, 0) is 57.6 Å². The van der Waals surface area contributed by atoms with E-state index in [2.05, 4.69) is 47.3 Å². The van der Waals surface area contributed by atoms with Crippen LogP contribution in [0.2, 0.25) is 0 Å². The van der Waals surface area contributed by atoms with Gasteiger partial charge in [-0.1, -0.05) is 12.1 Å². The highest BCUT2D eigenvalue weighted by Crippen LogP contribution is 2.28. The van der Waals surface area contributed by atoms with Gasteiger partial charge in [-0.3, -0.25) is 4.90 Å². The molecule has 5 heteroatoms. The summed E-state index contributed by atoms with van der Waals surface area (Å²) in [6, 6.07) is 8.51. The van der Waals surface area contributed by atoms with Crippen molar-refractivity contribution in [3.05, 3.63) is 53.1 Å². The molecule has 0 aliphatic carbocycles. The van der Waals surface area contributed by atoms with Crippen LogP contribution in [0, 0.1) is 0 Å². The summed E-state index contributed by atoms with van der Waals surface area (Å²) in [4.78, 5) is 14.5. The largest absolute Gasteiger partial charge is 0.494 e. The van der Waals surface area contributed by atoms with Crippen molar-refractivity contribution >= 4 is 0 Å². The van der Waals surface area contributed by atoms with Gasteiger partial charge in [0.25, 0.3) is 0 Å². The highest BCUT2D eigenvalue weighted by atomic mass is 16.5. The number of hydrogen-bond acceptors (Lipinski definition) is 5. The van der Waals surface area contributed by atoms with E-state index in [0.29, 0.717) is 12.5 Å². The molecule has 144 valence electrons. The van der Waals surface area contributed by atoms with Crippen molar-refractivity contribution in [3.63, 3.8) is 0 Å². The van der Waals surface area contributed by atoms with Gasteiger partial charge in [0.15, 0.2) is 0 Å². The second-order valence-corrected chi connectivity index (χ2v) is 7.82. The minimum absolute atomic E-state index is 0.506. The summed E-state index contributed by atoms with van der Waals surface area (Å²) in [5.41, 5.74) is 3.93. The van der Waals surface area contributed by atoms with E-state index in [-0.39, 0.29) is 0 Å². The Morgan fingerprint density at radius 3 is 2.63 bits per heavy atom. The lowest BCUT2D eigenvalue weighted by Gasteiger charge is -2.32. The van der Waals surface area contributed by atoms with Crippen molar-refractivity contribution in [2.24, 2.45) is 0 Å². The Bertz CT molecular complexity index is 753. The third kappa shape index (κ3) is 4.47. The van der Waals surface area contributed by atoms with Crippen molar-refractivity contribution in [1.29, 1.82) is 0 Å². The molecule has 1 aromatic heterocycles. The molecule has 0 saturated carbocycles. The number of hydrogen-bond donors (Lipinski definition) is 0. The summed E-state index contributed by atoms with van der Waals surface area (Å²) in [5, 5.41) is 0. The molecule has 2 aliphatic heterocycles. The average Bonchev–Trinajstić information content (AvgIpc) is 2.70.